The lowest BCUT2D eigenvalue weighted by Gasteiger charge is -2.22. The summed E-state index contributed by atoms with van der Waals surface area (Å²) in [5.41, 5.74) is 3.60. The lowest BCUT2D eigenvalue weighted by molar-refractivity contribution is 0.181. The van der Waals surface area contributed by atoms with Gasteiger partial charge in [0.25, 0.3) is 0 Å². The van der Waals surface area contributed by atoms with Crippen molar-refractivity contribution >= 4 is 0 Å². The fourth-order valence-electron chi connectivity index (χ4n) is 2.93. The number of nitrogens with zero attached hydrogens (tertiary/aromatic N) is 2. The molecule has 1 N–H and O–H groups in total. The van der Waals surface area contributed by atoms with Gasteiger partial charge >= 0.3 is 0 Å². The van der Waals surface area contributed by atoms with E-state index in [1.807, 2.05) is 31.8 Å². The number of hydrogen-bond acceptors (Lipinski definition) is 3. The van der Waals surface area contributed by atoms with E-state index in [-0.39, 0.29) is 12.1 Å². The van der Waals surface area contributed by atoms with Gasteiger partial charge in [-0.25, -0.2) is 0 Å². The zero-order valence-corrected chi connectivity index (χ0v) is 12.3. The monoisotopic (exact) mass is 271 g/mol. The maximum absolute atomic E-state index is 6.09. The quantitative estimate of drug-likeness (QED) is 0.922. The molecule has 4 nitrogen and oxygen atoms in total. The molecule has 1 aromatic carbocycles. The van der Waals surface area contributed by atoms with E-state index in [0.717, 1.165) is 24.3 Å². The smallest absolute Gasteiger partial charge is 0.123 e. The number of hydrogen-bond donors (Lipinski definition) is 1. The minimum atomic E-state index is 0.188. The van der Waals surface area contributed by atoms with E-state index in [1.54, 1.807) is 0 Å². The first-order chi connectivity index (χ1) is 9.67. The van der Waals surface area contributed by atoms with Crippen molar-refractivity contribution in [3.8, 4) is 5.75 Å². The third kappa shape index (κ3) is 2.43. The molecule has 0 saturated heterocycles. The van der Waals surface area contributed by atoms with Crippen LogP contribution in [0.15, 0.2) is 30.3 Å². The Kier molecular flexibility index (Phi) is 3.49. The average molecular weight is 271 g/mol. The van der Waals surface area contributed by atoms with Crippen molar-refractivity contribution in [2.75, 3.05) is 7.05 Å². The van der Waals surface area contributed by atoms with Gasteiger partial charge in [0.15, 0.2) is 0 Å². The van der Waals surface area contributed by atoms with E-state index in [0.29, 0.717) is 0 Å². The summed E-state index contributed by atoms with van der Waals surface area (Å²) >= 11 is 0. The lowest BCUT2D eigenvalue weighted by atomic mass is 10.0. The first-order valence-corrected chi connectivity index (χ1v) is 7.08. The highest BCUT2D eigenvalue weighted by Crippen LogP contribution is 2.30. The molecule has 1 aliphatic heterocycles. The normalized spacial score (nSPS) is 18.6. The minimum absolute atomic E-state index is 0.188. The molecule has 0 saturated carbocycles. The Morgan fingerprint density at radius 3 is 2.90 bits per heavy atom. The van der Waals surface area contributed by atoms with Crippen LogP contribution < -0.4 is 10.1 Å². The number of rotatable bonds is 4. The molecule has 2 atom stereocenters. The van der Waals surface area contributed by atoms with Gasteiger partial charge in [0, 0.05) is 31.6 Å². The summed E-state index contributed by atoms with van der Waals surface area (Å²) in [6.45, 7) is 2.03. The Balaban J connectivity index is 1.74. The van der Waals surface area contributed by atoms with Crippen molar-refractivity contribution in [2.45, 2.75) is 31.9 Å². The summed E-state index contributed by atoms with van der Waals surface area (Å²) in [5.74, 6) is 1.03. The summed E-state index contributed by atoms with van der Waals surface area (Å²) in [7, 11) is 4.00. The van der Waals surface area contributed by atoms with Crippen molar-refractivity contribution in [1.29, 1.82) is 0 Å². The highest BCUT2D eigenvalue weighted by Gasteiger charge is 2.29. The lowest BCUT2D eigenvalue weighted by Crippen LogP contribution is -2.42. The summed E-state index contributed by atoms with van der Waals surface area (Å²) in [6.07, 6.45) is 2.08. The van der Waals surface area contributed by atoms with E-state index in [4.69, 9.17) is 4.74 Å². The molecule has 0 aliphatic carbocycles. The van der Waals surface area contributed by atoms with E-state index in [1.165, 1.54) is 11.3 Å². The number of aryl methyl sites for hydroxylation is 2. The molecule has 0 spiro atoms. The van der Waals surface area contributed by atoms with Gasteiger partial charge < -0.3 is 10.1 Å². The number of likely N-dealkylation sites (N-methyl/N-ethyl adjacent to an activating group) is 1. The van der Waals surface area contributed by atoms with E-state index < -0.39 is 0 Å². The molecule has 20 heavy (non-hydrogen) atoms. The Hall–Kier alpha value is -1.81. The topological polar surface area (TPSA) is 39.1 Å². The van der Waals surface area contributed by atoms with Crippen molar-refractivity contribution in [1.82, 2.24) is 15.1 Å². The molecule has 1 aromatic heterocycles. The van der Waals surface area contributed by atoms with Crippen molar-refractivity contribution in [3.63, 3.8) is 0 Å². The highest BCUT2D eigenvalue weighted by atomic mass is 16.5. The molecule has 2 unspecified atom stereocenters. The first kappa shape index (κ1) is 13.2. The van der Waals surface area contributed by atoms with E-state index >= 15 is 0 Å². The van der Waals surface area contributed by atoms with Crippen molar-refractivity contribution in [2.24, 2.45) is 7.05 Å². The van der Waals surface area contributed by atoms with Gasteiger partial charge in [-0.15, -0.1) is 0 Å². The number of benzene rings is 1. The van der Waals surface area contributed by atoms with E-state index in [9.17, 15) is 0 Å². The fourth-order valence-corrected chi connectivity index (χ4v) is 2.93. The largest absolute Gasteiger partial charge is 0.488 e. The number of fused-ring (bicyclic) bond motifs is 1. The fraction of sp³-hybridized carbons (Fsp3) is 0.438. The van der Waals surface area contributed by atoms with Crippen LogP contribution in [-0.4, -0.2) is 29.0 Å². The molecule has 106 valence electrons. The average Bonchev–Trinajstić information content (AvgIpc) is 2.99. The van der Waals surface area contributed by atoms with Gasteiger partial charge in [-0.3, -0.25) is 4.68 Å². The molecule has 1 aliphatic rings. The van der Waals surface area contributed by atoms with Crippen molar-refractivity contribution in [3.05, 3.63) is 47.3 Å². The molecule has 2 heterocycles. The molecule has 3 rings (SSSR count). The number of nitrogens with one attached hydrogen (secondary N) is 1. The SMILES string of the molecule is CNC(Cc1cc(C)nn1C)C1Cc2ccccc2O1. The summed E-state index contributed by atoms with van der Waals surface area (Å²) in [4.78, 5) is 0. The van der Waals surface area contributed by atoms with Gasteiger partial charge in [0.05, 0.1) is 5.69 Å². The van der Waals surface area contributed by atoms with Crippen molar-refractivity contribution < 1.29 is 4.74 Å². The molecule has 0 radical (unpaired) electrons. The molecule has 0 fully saturated rings. The number of para-hydroxylation sites is 1. The second-order valence-corrected chi connectivity index (χ2v) is 5.47. The Morgan fingerprint density at radius 2 is 2.25 bits per heavy atom. The number of ether oxygens (including phenoxy) is 1. The van der Waals surface area contributed by atoms with Crippen LogP contribution in [0.2, 0.25) is 0 Å². The van der Waals surface area contributed by atoms with Gasteiger partial charge in [0.2, 0.25) is 0 Å². The Bertz CT molecular complexity index is 581. The summed E-state index contributed by atoms with van der Waals surface area (Å²) in [5, 5.41) is 7.81. The van der Waals surface area contributed by atoms with Crippen LogP contribution in [0.3, 0.4) is 0 Å². The minimum Gasteiger partial charge on any atom is -0.488 e. The van der Waals surface area contributed by atoms with Crippen LogP contribution in [0.4, 0.5) is 0 Å². The van der Waals surface area contributed by atoms with Crippen LogP contribution in [0, 0.1) is 6.92 Å². The second kappa shape index (κ2) is 5.29. The molecule has 2 aromatic rings. The van der Waals surface area contributed by atoms with Crippen LogP contribution in [0.5, 0.6) is 5.75 Å². The van der Waals surface area contributed by atoms with Gasteiger partial charge in [0.1, 0.15) is 11.9 Å². The molecule has 0 bridgehead atoms. The molecule has 4 heteroatoms. The molecular weight excluding hydrogens is 250 g/mol. The summed E-state index contributed by atoms with van der Waals surface area (Å²) in [6, 6.07) is 10.7. The van der Waals surface area contributed by atoms with Crippen LogP contribution in [0.25, 0.3) is 0 Å². The third-order valence-electron chi connectivity index (χ3n) is 4.02. The third-order valence-corrected chi connectivity index (χ3v) is 4.02. The second-order valence-electron chi connectivity index (χ2n) is 5.47. The van der Waals surface area contributed by atoms with Gasteiger partial charge in [-0.05, 0) is 31.7 Å². The van der Waals surface area contributed by atoms with Gasteiger partial charge in [-0.2, -0.15) is 5.10 Å². The van der Waals surface area contributed by atoms with E-state index in [2.05, 4.69) is 34.7 Å². The molecular formula is C16H21N3O. The maximum atomic E-state index is 6.09. The predicted octanol–water partition coefficient (Wildman–Crippen LogP) is 1.86. The Labute approximate surface area is 119 Å². The predicted molar refractivity (Wildman–Crippen MR) is 79.1 cm³/mol. The van der Waals surface area contributed by atoms with Crippen LogP contribution in [-0.2, 0) is 19.9 Å². The standard InChI is InChI=1S/C16H21N3O/c1-11-8-13(19(3)18-11)10-14(17-2)16-9-12-6-4-5-7-15(12)20-16/h4-8,14,16-17H,9-10H2,1-3H3. The van der Waals surface area contributed by atoms with Crippen LogP contribution >= 0.6 is 0 Å². The zero-order chi connectivity index (χ0) is 14.1. The first-order valence-electron chi connectivity index (χ1n) is 7.08. The highest BCUT2D eigenvalue weighted by molar-refractivity contribution is 5.37. The Morgan fingerprint density at radius 1 is 1.45 bits per heavy atom. The summed E-state index contributed by atoms with van der Waals surface area (Å²) < 4.78 is 8.05. The van der Waals surface area contributed by atoms with Gasteiger partial charge in [-0.1, -0.05) is 18.2 Å². The van der Waals surface area contributed by atoms with Crippen LogP contribution in [0.1, 0.15) is 17.0 Å². The molecule has 0 amide bonds. The maximum Gasteiger partial charge on any atom is 0.123 e. The number of aromatic nitrogens is 2. The zero-order valence-electron chi connectivity index (χ0n) is 12.3.